The van der Waals surface area contributed by atoms with Gasteiger partial charge in [-0.2, -0.15) is 0 Å². The summed E-state index contributed by atoms with van der Waals surface area (Å²) in [4.78, 5) is 16.8. The number of rotatable bonds is 4. The minimum absolute atomic E-state index is 0.120. The molecule has 0 aliphatic carbocycles. The highest BCUT2D eigenvalue weighted by molar-refractivity contribution is 8.39. The molecule has 1 aliphatic heterocycles. The summed E-state index contributed by atoms with van der Waals surface area (Å²) in [6.07, 6.45) is 0. The first kappa shape index (κ1) is 17.0. The third-order valence-corrected chi connectivity index (χ3v) is 5.91. The van der Waals surface area contributed by atoms with E-state index in [4.69, 9.17) is 0 Å². The number of para-hydroxylation sites is 1. The standard InChI is InChI=1S/C18H17FN2OS2/c1-12(17(22)20-10-13-6-2-4-8-15(13)19)24-18-21-16-9-5-3-7-14(16)11-23-18/h2-9,12H,10-11H2,1H3,(H,20,22). The summed E-state index contributed by atoms with van der Waals surface area (Å²) < 4.78 is 14.5. The predicted molar refractivity (Wildman–Crippen MR) is 100 cm³/mol. The quantitative estimate of drug-likeness (QED) is 0.873. The van der Waals surface area contributed by atoms with Crippen LogP contribution in [0.2, 0.25) is 0 Å². The molecule has 2 aromatic carbocycles. The molecule has 0 fully saturated rings. The molecular formula is C18H17FN2OS2. The van der Waals surface area contributed by atoms with Gasteiger partial charge >= 0.3 is 0 Å². The van der Waals surface area contributed by atoms with E-state index in [9.17, 15) is 9.18 Å². The minimum atomic E-state index is -0.304. The molecular weight excluding hydrogens is 343 g/mol. The van der Waals surface area contributed by atoms with Crippen molar-refractivity contribution >= 4 is 39.5 Å². The largest absolute Gasteiger partial charge is 0.351 e. The summed E-state index contributed by atoms with van der Waals surface area (Å²) in [6, 6.07) is 14.5. The van der Waals surface area contributed by atoms with Crippen LogP contribution in [-0.2, 0) is 17.1 Å². The van der Waals surface area contributed by atoms with Crippen LogP contribution in [0, 0.1) is 5.82 Å². The normalized spacial score (nSPS) is 14.5. The summed E-state index contributed by atoms with van der Waals surface area (Å²) in [6.45, 7) is 2.03. The van der Waals surface area contributed by atoms with Gasteiger partial charge in [0, 0.05) is 17.9 Å². The molecule has 1 atom stereocenters. The Morgan fingerprint density at radius 3 is 2.88 bits per heavy atom. The van der Waals surface area contributed by atoms with Crippen LogP contribution < -0.4 is 5.32 Å². The van der Waals surface area contributed by atoms with E-state index in [-0.39, 0.29) is 23.5 Å². The summed E-state index contributed by atoms with van der Waals surface area (Å²) in [5.74, 6) is 0.443. The molecule has 2 aromatic rings. The van der Waals surface area contributed by atoms with Crippen LogP contribution in [0.15, 0.2) is 53.5 Å². The van der Waals surface area contributed by atoms with Gasteiger partial charge in [-0.1, -0.05) is 59.9 Å². The number of hydrogen-bond acceptors (Lipinski definition) is 4. The van der Waals surface area contributed by atoms with Crippen molar-refractivity contribution < 1.29 is 9.18 Å². The van der Waals surface area contributed by atoms with E-state index in [0.29, 0.717) is 5.56 Å². The van der Waals surface area contributed by atoms with Gasteiger partial charge in [-0.05, 0) is 24.6 Å². The van der Waals surface area contributed by atoms with Crippen molar-refractivity contribution in [2.75, 3.05) is 0 Å². The molecule has 124 valence electrons. The van der Waals surface area contributed by atoms with Gasteiger partial charge in [0.1, 0.15) is 10.2 Å². The lowest BCUT2D eigenvalue weighted by molar-refractivity contribution is -0.120. The number of amides is 1. The molecule has 1 aliphatic rings. The maximum Gasteiger partial charge on any atom is 0.233 e. The third-order valence-electron chi connectivity index (χ3n) is 3.61. The Morgan fingerprint density at radius 2 is 2.04 bits per heavy atom. The lowest BCUT2D eigenvalue weighted by Crippen LogP contribution is -2.31. The van der Waals surface area contributed by atoms with Gasteiger partial charge in [0.25, 0.3) is 0 Å². The molecule has 0 radical (unpaired) electrons. The molecule has 0 saturated heterocycles. The lowest BCUT2D eigenvalue weighted by atomic mass is 10.2. The van der Waals surface area contributed by atoms with E-state index in [1.807, 2.05) is 25.1 Å². The van der Waals surface area contributed by atoms with Crippen molar-refractivity contribution in [1.82, 2.24) is 5.32 Å². The van der Waals surface area contributed by atoms with Crippen LogP contribution in [0.4, 0.5) is 10.1 Å². The number of nitrogens with zero attached hydrogens (tertiary/aromatic N) is 1. The van der Waals surface area contributed by atoms with Gasteiger partial charge in [-0.25, -0.2) is 9.38 Å². The Balaban J connectivity index is 1.57. The number of nitrogens with one attached hydrogen (secondary N) is 1. The van der Waals surface area contributed by atoms with E-state index in [0.717, 1.165) is 15.8 Å². The Bertz CT molecular complexity index is 779. The topological polar surface area (TPSA) is 41.5 Å². The second-order valence-electron chi connectivity index (χ2n) is 5.36. The maximum absolute atomic E-state index is 13.6. The number of benzene rings is 2. The highest BCUT2D eigenvalue weighted by atomic mass is 32.2. The van der Waals surface area contributed by atoms with Crippen LogP contribution in [0.5, 0.6) is 0 Å². The van der Waals surface area contributed by atoms with Crippen LogP contribution in [0.3, 0.4) is 0 Å². The van der Waals surface area contributed by atoms with Gasteiger partial charge in [0.15, 0.2) is 0 Å². The average molecular weight is 360 g/mol. The van der Waals surface area contributed by atoms with Gasteiger partial charge in [-0.3, -0.25) is 4.79 Å². The lowest BCUT2D eigenvalue weighted by Gasteiger charge is -2.17. The van der Waals surface area contributed by atoms with Crippen molar-refractivity contribution in [2.45, 2.75) is 24.5 Å². The van der Waals surface area contributed by atoms with E-state index in [1.165, 1.54) is 23.4 Å². The number of fused-ring (bicyclic) bond motifs is 1. The summed E-state index contributed by atoms with van der Waals surface area (Å²) in [7, 11) is 0. The number of hydrogen-bond donors (Lipinski definition) is 1. The number of aliphatic imine (C=N–C) groups is 1. The summed E-state index contributed by atoms with van der Waals surface area (Å²) in [5.41, 5.74) is 2.67. The van der Waals surface area contributed by atoms with Crippen LogP contribution >= 0.6 is 23.5 Å². The Kier molecular flexibility index (Phi) is 5.58. The molecule has 3 rings (SSSR count). The summed E-state index contributed by atoms with van der Waals surface area (Å²) in [5, 5.41) is 2.50. The summed E-state index contributed by atoms with van der Waals surface area (Å²) >= 11 is 3.08. The van der Waals surface area contributed by atoms with Crippen molar-refractivity contribution in [3.63, 3.8) is 0 Å². The van der Waals surface area contributed by atoms with E-state index in [2.05, 4.69) is 16.4 Å². The zero-order valence-electron chi connectivity index (χ0n) is 13.2. The van der Waals surface area contributed by atoms with Crippen LogP contribution in [0.25, 0.3) is 0 Å². The van der Waals surface area contributed by atoms with Crippen molar-refractivity contribution in [3.05, 3.63) is 65.5 Å². The molecule has 0 bridgehead atoms. The molecule has 0 aromatic heterocycles. The maximum atomic E-state index is 13.6. The molecule has 24 heavy (non-hydrogen) atoms. The first-order valence-corrected chi connectivity index (χ1v) is 9.47. The fraction of sp³-hybridized carbons (Fsp3) is 0.222. The van der Waals surface area contributed by atoms with E-state index < -0.39 is 0 Å². The highest BCUT2D eigenvalue weighted by Gasteiger charge is 2.20. The fourth-order valence-electron chi connectivity index (χ4n) is 2.25. The van der Waals surface area contributed by atoms with Crippen LogP contribution in [-0.4, -0.2) is 15.5 Å². The van der Waals surface area contributed by atoms with Gasteiger partial charge in [0.05, 0.1) is 10.9 Å². The minimum Gasteiger partial charge on any atom is -0.351 e. The zero-order valence-corrected chi connectivity index (χ0v) is 14.8. The Morgan fingerprint density at radius 1 is 1.29 bits per heavy atom. The third kappa shape index (κ3) is 4.19. The number of halogens is 1. The SMILES string of the molecule is CC(SC1=Nc2ccccc2CS1)C(=O)NCc1ccccc1F. The average Bonchev–Trinajstić information content (AvgIpc) is 2.60. The van der Waals surface area contributed by atoms with E-state index >= 15 is 0 Å². The first-order chi connectivity index (χ1) is 11.6. The zero-order chi connectivity index (χ0) is 16.9. The molecule has 0 spiro atoms. The Hall–Kier alpha value is -1.79. The molecule has 1 N–H and O–H groups in total. The van der Waals surface area contributed by atoms with Crippen LogP contribution in [0.1, 0.15) is 18.1 Å². The molecule has 0 saturated carbocycles. The monoisotopic (exact) mass is 360 g/mol. The molecule has 3 nitrogen and oxygen atoms in total. The van der Waals surface area contributed by atoms with Gasteiger partial charge < -0.3 is 5.32 Å². The van der Waals surface area contributed by atoms with Gasteiger partial charge in [0.2, 0.25) is 5.91 Å². The molecule has 1 amide bonds. The Labute approximate surface area is 149 Å². The number of carbonyl (C=O) groups is 1. The van der Waals surface area contributed by atoms with Gasteiger partial charge in [-0.15, -0.1) is 0 Å². The smallest absolute Gasteiger partial charge is 0.233 e. The van der Waals surface area contributed by atoms with Crippen molar-refractivity contribution in [1.29, 1.82) is 0 Å². The molecule has 1 unspecified atom stereocenters. The number of carbonyl (C=O) groups excluding carboxylic acids is 1. The molecule has 1 heterocycles. The second kappa shape index (κ2) is 7.85. The van der Waals surface area contributed by atoms with E-state index in [1.54, 1.807) is 30.0 Å². The second-order valence-corrected chi connectivity index (χ2v) is 7.92. The van der Waals surface area contributed by atoms with Crippen molar-refractivity contribution in [3.8, 4) is 0 Å². The number of thioether (sulfide) groups is 2. The van der Waals surface area contributed by atoms with Crippen molar-refractivity contribution in [2.24, 2.45) is 4.99 Å². The fourth-order valence-corrected chi connectivity index (χ4v) is 4.46. The predicted octanol–water partition coefficient (Wildman–Crippen LogP) is 4.50. The highest BCUT2D eigenvalue weighted by Crippen LogP contribution is 2.35. The first-order valence-electron chi connectivity index (χ1n) is 7.60. The molecule has 6 heteroatoms.